The summed E-state index contributed by atoms with van der Waals surface area (Å²) in [5, 5.41) is 0. The molecule has 186 valence electrons. The van der Waals surface area contributed by atoms with Gasteiger partial charge in [0.15, 0.2) is 0 Å². The molecule has 0 saturated heterocycles. The Morgan fingerprint density at radius 2 is 1.09 bits per heavy atom. The second-order valence-electron chi connectivity index (χ2n) is 10.6. The molecule has 0 heterocycles. The van der Waals surface area contributed by atoms with E-state index in [1.165, 1.54) is 95.5 Å². The molecule has 1 saturated carbocycles. The van der Waals surface area contributed by atoms with Crippen molar-refractivity contribution in [1.82, 2.24) is 0 Å². The second kappa shape index (κ2) is 16.3. The molecule has 2 aromatic carbocycles. The minimum absolute atomic E-state index is 0.936. The van der Waals surface area contributed by atoms with Crippen molar-refractivity contribution >= 4 is 0 Å². The number of hydrogen-bond donors (Lipinski definition) is 0. The molecule has 0 bridgehead atoms. The van der Waals surface area contributed by atoms with Gasteiger partial charge in [-0.3, -0.25) is 0 Å². The largest absolute Gasteiger partial charge is 0.0979 e. The van der Waals surface area contributed by atoms with Crippen molar-refractivity contribution < 1.29 is 0 Å². The summed E-state index contributed by atoms with van der Waals surface area (Å²) in [5.74, 6) is 15.1. The normalized spacial score (nSPS) is 17.2. The summed E-state index contributed by atoms with van der Waals surface area (Å²) in [5.41, 5.74) is 4.68. The van der Waals surface area contributed by atoms with Gasteiger partial charge >= 0.3 is 0 Å². The van der Waals surface area contributed by atoms with Gasteiger partial charge in [-0.05, 0) is 73.1 Å². The quantitative estimate of drug-likeness (QED) is 0.228. The van der Waals surface area contributed by atoms with Crippen LogP contribution in [0.4, 0.5) is 0 Å². The van der Waals surface area contributed by atoms with E-state index >= 15 is 0 Å². The van der Waals surface area contributed by atoms with Gasteiger partial charge in [0.2, 0.25) is 0 Å². The van der Waals surface area contributed by atoms with E-state index in [0.717, 1.165) is 34.9 Å². The third kappa shape index (κ3) is 10.8. The number of rotatable bonds is 11. The lowest BCUT2D eigenvalue weighted by atomic mass is 9.77. The summed E-state index contributed by atoms with van der Waals surface area (Å²) in [6, 6.07) is 17.3. The molecule has 0 aliphatic heterocycles. The Labute approximate surface area is 216 Å². The van der Waals surface area contributed by atoms with E-state index in [9.17, 15) is 0 Å². The van der Waals surface area contributed by atoms with Crippen molar-refractivity contribution in [2.45, 2.75) is 110 Å². The molecule has 1 fully saturated rings. The molecule has 0 amide bonds. The second-order valence-corrected chi connectivity index (χ2v) is 10.6. The number of hydrogen-bond acceptors (Lipinski definition) is 0. The highest BCUT2D eigenvalue weighted by molar-refractivity contribution is 5.46. The first-order chi connectivity index (χ1) is 17.3. The molecule has 1 aliphatic carbocycles. The molecule has 0 spiro atoms. The highest BCUT2D eigenvalue weighted by Gasteiger charge is 2.20. The molecule has 0 N–H and O–H groups in total. The third-order valence-corrected chi connectivity index (χ3v) is 7.60. The summed E-state index contributed by atoms with van der Waals surface area (Å²) in [4.78, 5) is 0. The molecule has 0 atom stereocenters. The van der Waals surface area contributed by atoms with Crippen LogP contribution < -0.4 is 0 Å². The summed E-state index contributed by atoms with van der Waals surface area (Å²) in [6.45, 7) is 4.53. The lowest BCUT2D eigenvalue weighted by Crippen LogP contribution is -2.15. The predicted octanol–water partition coefficient (Wildman–Crippen LogP) is 9.73. The zero-order valence-corrected chi connectivity index (χ0v) is 22.4. The van der Waals surface area contributed by atoms with Crippen molar-refractivity contribution in [3.63, 3.8) is 0 Å². The zero-order chi connectivity index (χ0) is 24.6. The topological polar surface area (TPSA) is 0 Å². The van der Waals surface area contributed by atoms with E-state index in [2.05, 4.69) is 86.1 Å². The highest BCUT2D eigenvalue weighted by atomic mass is 14.3. The van der Waals surface area contributed by atoms with Crippen LogP contribution in [-0.4, -0.2) is 0 Å². The van der Waals surface area contributed by atoms with E-state index in [4.69, 9.17) is 0 Å². The molecular weight excluding hydrogens is 420 g/mol. The SMILES string of the molecule is CCCCCC#Cc1ccc(C#Cc2ccc(CCC3CCC(CCCCCC)CC3)cc2)cc1. The molecule has 0 nitrogen and oxygen atoms in total. The molecule has 3 rings (SSSR count). The van der Waals surface area contributed by atoms with Crippen LogP contribution in [-0.2, 0) is 6.42 Å². The molecule has 0 radical (unpaired) electrons. The van der Waals surface area contributed by atoms with Gasteiger partial charge in [0.1, 0.15) is 0 Å². The van der Waals surface area contributed by atoms with Crippen LogP contribution in [0.5, 0.6) is 0 Å². The average molecular weight is 467 g/mol. The minimum Gasteiger partial charge on any atom is -0.0979 e. The molecule has 0 unspecified atom stereocenters. The standard InChI is InChI=1S/C35H46/c1-3-5-7-9-11-13-31-16-20-33(21-17-31)23-25-35-28-26-34(27-29-35)24-22-32-18-14-30(15-19-32)12-10-8-6-4-2/h16-17,20-21,26-30,32H,3-10,12,14-15,18-19,22,24H2,1-2H3. The fraction of sp³-hybridized carbons (Fsp3) is 0.543. The highest BCUT2D eigenvalue weighted by Crippen LogP contribution is 2.34. The number of benzene rings is 2. The summed E-state index contributed by atoms with van der Waals surface area (Å²) < 4.78 is 0. The Hall–Kier alpha value is -2.44. The van der Waals surface area contributed by atoms with Gasteiger partial charge in [0, 0.05) is 23.1 Å². The van der Waals surface area contributed by atoms with Crippen LogP contribution in [0, 0.1) is 35.5 Å². The predicted molar refractivity (Wildman–Crippen MR) is 152 cm³/mol. The molecule has 2 aromatic rings. The lowest BCUT2D eigenvalue weighted by Gasteiger charge is -2.28. The summed E-state index contributed by atoms with van der Waals surface area (Å²) in [6.07, 6.45) is 20.3. The summed E-state index contributed by atoms with van der Waals surface area (Å²) in [7, 11) is 0. The number of aryl methyl sites for hydroxylation is 1. The molecule has 1 aliphatic rings. The van der Waals surface area contributed by atoms with Gasteiger partial charge in [0.25, 0.3) is 0 Å². The maximum absolute atomic E-state index is 3.32. The van der Waals surface area contributed by atoms with Gasteiger partial charge in [-0.25, -0.2) is 0 Å². The smallest absolute Gasteiger partial charge is 0.0249 e. The average Bonchev–Trinajstić information content (AvgIpc) is 2.90. The fourth-order valence-corrected chi connectivity index (χ4v) is 5.20. The molecule has 35 heavy (non-hydrogen) atoms. The first kappa shape index (κ1) is 27.2. The van der Waals surface area contributed by atoms with Crippen LogP contribution in [0.15, 0.2) is 48.5 Å². The molecule has 0 heteroatoms. The van der Waals surface area contributed by atoms with E-state index in [1.54, 1.807) is 0 Å². The first-order valence-electron chi connectivity index (χ1n) is 14.5. The Kier molecular flexibility index (Phi) is 12.6. The van der Waals surface area contributed by atoms with E-state index in [-0.39, 0.29) is 0 Å². The van der Waals surface area contributed by atoms with E-state index in [0.29, 0.717) is 0 Å². The van der Waals surface area contributed by atoms with Crippen molar-refractivity contribution in [2.24, 2.45) is 11.8 Å². The minimum atomic E-state index is 0.936. The Bertz CT molecular complexity index is 947. The first-order valence-corrected chi connectivity index (χ1v) is 14.5. The van der Waals surface area contributed by atoms with Gasteiger partial charge in [-0.2, -0.15) is 0 Å². The van der Waals surface area contributed by atoms with Gasteiger partial charge in [0.05, 0.1) is 0 Å². The maximum Gasteiger partial charge on any atom is 0.0249 e. The van der Waals surface area contributed by atoms with Crippen LogP contribution >= 0.6 is 0 Å². The van der Waals surface area contributed by atoms with Crippen LogP contribution in [0.3, 0.4) is 0 Å². The summed E-state index contributed by atoms with van der Waals surface area (Å²) >= 11 is 0. The van der Waals surface area contributed by atoms with Crippen molar-refractivity contribution in [1.29, 1.82) is 0 Å². The van der Waals surface area contributed by atoms with E-state index in [1.807, 2.05) is 0 Å². The van der Waals surface area contributed by atoms with Gasteiger partial charge < -0.3 is 0 Å². The monoisotopic (exact) mass is 466 g/mol. The third-order valence-electron chi connectivity index (χ3n) is 7.60. The van der Waals surface area contributed by atoms with E-state index < -0.39 is 0 Å². The maximum atomic E-state index is 3.32. The van der Waals surface area contributed by atoms with Crippen LogP contribution in [0.2, 0.25) is 0 Å². The molecule has 0 aromatic heterocycles. The lowest BCUT2D eigenvalue weighted by molar-refractivity contribution is 0.249. The van der Waals surface area contributed by atoms with Gasteiger partial charge in [-0.15, -0.1) is 0 Å². The van der Waals surface area contributed by atoms with Crippen LogP contribution in [0.25, 0.3) is 0 Å². The van der Waals surface area contributed by atoms with Crippen LogP contribution in [0.1, 0.15) is 126 Å². The fourth-order valence-electron chi connectivity index (χ4n) is 5.20. The van der Waals surface area contributed by atoms with Gasteiger partial charge in [-0.1, -0.05) is 120 Å². The Morgan fingerprint density at radius 3 is 1.69 bits per heavy atom. The zero-order valence-electron chi connectivity index (χ0n) is 22.4. The molecular formula is C35H46. The Morgan fingerprint density at radius 1 is 0.571 bits per heavy atom. The van der Waals surface area contributed by atoms with Crippen molar-refractivity contribution in [3.8, 4) is 23.7 Å². The Balaban J connectivity index is 1.38. The van der Waals surface area contributed by atoms with Crippen molar-refractivity contribution in [3.05, 3.63) is 70.8 Å². The van der Waals surface area contributed by atoms with Crippen molar-refractivity contribution in [2.75, 3.05) is 0 Å². The number of unbranched alkanes of at least 4 members (excludes halogenated alkanes) is 6.